The molecule has 1 heterocycles. The maximum Gasteiger partial charge on any atom is 0.0767 e. The molecule has 0 spiro atoms. The van der Waals surface area contributed by atoms with E-state index in [0.717, 1.165) is 25.8 Å². The van der Waals surface area contributed by atoms with Gasteiger partial charge in [0, 0.05) is 18.6 Å². The van der Waals surface area contributed by atoms with Gasteiger partial charge in [-0.05, 0) is 52.5 Å². The van der Waals surface area contributed by atoms with E-state index < -0.39 is 5.60 Å². The van der Waals surface area contributed by atoms with Gasteiger partial charge in [-0.3, -0.25) is 4.90 Å². The second kappa shape index (κ2) is 6.72. The van der Waals surface area contributed by atoms with Gasteiger partial charge in [-0.15, -0.1) is 0 Å². The number of rotatable bonds is 6. The van der Waals surface area contributed by atoms with Crippen molar-refractivity contribution in [3.8, 4) is 0 Å². The Morgan fingerprint density at radius 1 is 1.29 bits per heavy atom. The molecule has 17 heavy (non-hydrogen) atoms. The van der Waals surface area contributed by atoms with Gasteiger partial charge >= 0.3 is 0 Å². The van der Waals surface area contributed by atoms with E-state index in [1.54, 1.807) is 0 Å². The van der Waals surface area contributed by atoms with Gasteiger partial charge in [-0.1, -0.05) is 13.3 Å². The van der Waals surface area contributed by atoms with Crippen molar-refractivity contribution in [2.45, 2.75) is 77.0 Å². The number of piperidine rings is 1. The lowest BCUT2D eigenvalue weighted by atomic mass is 9.93. The Morgan fingerprint density at radius 3 is 2.35 bits per heavy atom. The average Bonchev–Trinajstić information content (AvgIpc) is 2.32. The van der Waals surface area contributed by atoms with E-state index >= 15 is 0 Å². The van der Waals surface area contributed by atoms with Gasteiger partial charge in [0.05, 0.1) is 5.60 Å². The second-order valence-corrected chi connectivity index (χ2v) is 5.75. The van der Waals surface area contributed by atoms with Gasteiger partial charge in [0.25, 0.3) is 0 Å². The number of likely N-dealkylation sites (tertiary alicyclic amines) is 1. The van der Waals surface area contributed by atoms with Crippen molar-refractivity contribution in [2.24, 2.45) is 5.73 Å². The molecule has 102 valence electrons. The van der Waals surface area contributed by atoms with Crippen LogP contribution in [-0.2, 0) is 0 Å². The Kier molecular flexibility index (Phi) is 5.90. The first-order chi connectivity index (χ1) is 8.02. The molecule has 0 aromatic heterocycles. The minimum Gasteiger partial charge on any atom is -0.389 e. The topological polar surface area (TPSA) is 49.5 Å². The molecule has 3 unspecified atom stereocenters. The first-order valence-electron chi connectivity index (χ1n) is 7.20. The molecule has 3 atom stereocenters. The summed E-state index contributed by atoms with van der Waals surface area (Å²) >= 11 is 0. The quantitative estimate of drug-likeness (QED) is 0.750. The summed E-state index contributed by atoms with van der Waals surface area (Å²) in [5.41, 5.74) is 4.99. The maximum absolute atomic E-state index is 10.1. The molecule has 0 aromatic carbocycles. The van der Waals surface area contributed by atoms with Gasteiger partial charge in [-0.25, -0.2) is 0 Å². The molecule has 3 N–H and O–H groups in total. The van der Waals surface area contributed by atoms with Gasteiger partial charge < -0.3 is 10.8 Å². The fourth-order valence-electron chi connectivity index (χ4n) is 2.93. The third-order valence-corrected chi connectivity index (χ3v) is 4.47. The first-order valence-corrected chi connectivity index (χ1v) is 7.20. The van der Waals surface area contributed by atoms with E-state index in [9.17, 15) is 5.11 Å². The molecular formula is C14H30N2O. The fourth-order valence-corrected chi connectivity index (χ4v) is 2.93. The molecule has 0 saturated carbocycles. The van der Waals surface area contributed by atoms with Crippen LogP contribution in [0.15, 0.2) is 0 Å². The van der Waals surface area contributed by atoms with E-state index in [2.05, 4.69) is 18.7 Å². The van der Waals surface area contributed by atoms with Crippen molar-refractivity contribution in [2.75, 3.05) is 13.1 Å². The van der Waals surface area contributed by atoms with Crippen molar-refractivity contribution >= 4 is 0 Å². The van der Waals surface area contributed by atoms with E-state index in [1.807, 2.05) is 6.92 Å². The van der Waals surface area contributed by atoms with Crippen molar-refractivity contribution in [1.29, 1.82) is 0 Å². The summed E-state index contributed by atoms with van der Waals surface area (Å²) in [6.45, 7) is 8.15. The van der Waals surface area contributed by atoms with Crippen LogP contribution in [0.2, 0.25) is 0 Å². The number of nitrogens with zero attached hydrogens (tertiary/aromatic N) is 1. The van der Waals surface area contributed by atoms with Crippen molar-refractivity contribution < 1.29 is 5.11 Å². The molecule has 3 heteroatoms. The van der Waals surface area contributed by atoms with Gasteiger partial charge in [0.15, 0.2) is 0 Å². The van der Waals surface area contributed by atoms with Gasteiger partial charge in [-0.2, -0.15) is 0 Å². The smallest absolute Gasteiger partial charge is 0.0767 e. The number of aliphatic hydroxyl groups is 1. The number of nitrogens with two attached hydrogens (primary N) is 1. The van der Waals surface area contributed by atoms with Crippen LogP contribution in [0.5, 0.6) is 0 Å². The highest BCUT2D eigenvalue weighted by Gasteiger charge is 2.26. The van der Waals surface area contributed by atoms with Crippen LogP contribution in [0.4, 0.5) is 0 Å². The zero-order valence-electron chi connectivity index (χ0n) is 11.8. The molecule has 1 aliphatic heterocycles. The van der Waals surface area contributed by atoms with E-state index in [0.29, 0.717) is 18.6 Å². The second-order valence-electron chi connectivity index (χ2n) is 5.75. The normalized spacial score (nSPS) is 30.2. The fraction of sp³-hybridized carbons (Fsp3) is 1.00. The van der Waals surface area contributed by atoms with Crippen molar-refractivity contribution in [3.63, 3.8) is 0 Å². The van der Waals surface area contributed by atoms with E-state index in [4.69, 9.17) is 5.73 Å². The average molecular weight is 242 g/mol. The summed E-state index contributed by atoms with van der Waals surface area (Å²) in [7, 11) is 0. The largest absolute Gasteiger partial charge is 0.389 e. The van der Waals surface area contributed by atoms with Gasteiger partial charge in [0.1, 0.15) is 0 Å². The van der Waals surface area contributed by atoms with Crippen LogP contribution < -0.4 is 5.73 Å². The summed E-state index contributed by atoms with van der Waals surface area (Å²) in [5, 5.41) is 10.1. The molecule has 0 aromatic rings. The molecule has 0 bridgehead atoms. The highest BCUT2D eigenvalue weighted by Crippen LogP contribution is 2.24. The van der Waals surface area contributed by atoms with Crippen molar-refractivity contribution in [1.82, 2.24) is 4.90 Å². The molecule has 1 saturated heterocycles. The van der Waals surface area contributed by atoms with Crippen LogP contribution in [0.25, 0.3) is 0 Å². The Bertz CT molecular complexity index is 206. The van der Waals surface area contributed by atoms with Gasteiger partial charge in [0.2, 0.25) is 0 Å². The maximum atomic E-state index is 10.1. The zero-order chi connectivity index (χ0) is 12.9. The highest BCUT2D eigenvalue weighted by atomic mass is 16.3. The lowest BCUT2D eigenvalue weighted by Crippen LogP contribution is -2.45. The van der Waals surface area contributed by atoms with Crippen molar-refractivity contribution in [3.05, 3.63) is 0 Å². The third-order valence-electron chi connectivity index (χ3n) is 4.47. The molecule has 1 aliphatic rings. The molecule has 1 rings (SSSR count). The summed E-state index contributed by atoms with van der Waals surface area (Å²) in [6, 6.07) is 1.40. The van der Waals surface area contributed by atoms with Crippen LogP contribution in [-0.4, -0.2) is 40.8 Å². The SMILES string of the molecule is CCC(O)(CN)CCCN1C(C)CCCC1C. The van der Waals surface area contributed by atoms with E-state index in [1.165, 1.54) is 19.3 Å². The number of hydrogen-bond acceptors (Lipinski definition) is 3. The summed E-state index contributed by atoms with van der Waals surface area (Å²) in [6.07, 6.45) is 6.64. The van der Waals surface area contributed by atoms with Crippen LogP contribution in [0, 0.1) is 0 Å². The lowest BCUT2D eigenvalue weighted by Gasteiger charge is -2.39. The molecule has 0 radical (unpaired) electrons. The Hall–Kier alpha value is -0.120. The summed E-state index contributed by atoms with van der Waals surface area (Å²) in [4.78, 5) is 2.59. The van der Waals surface area contributed by atoms with Crippen LogP contribution >= 0.6 is 0 Å². The first kappa shape index (κ1) is 14.9. The Labute approximate surface area is 106 Å². The summed E-state index contributed by atoms with van der Waals surface area (Å²) < 4.78 is 0. The minimum atomic E-state index is -0.637. The van der Waals surface area contributed by atoms with Crippen LogP contribution in [0.3, 0.4) is 0 Å². The summed E-state index contributed by atoms with van der Waals surface area (Å²) in [5.74, 6) is 0. The molecule has 1 fully saturated rings. The molecule has 3 nitrogen and oxygen atoms in total. The Balaban J connectivity index is 2.34. The molecule has 0 aliphatic carbocycles. The monoisotopic (exact) mass is 242 g/mol. The predicted molar refractivity (Wildman–Crippen MR) is 73.0 cm³/mol. The standard InChI is InChI=1S/C14H30N2O/c1-4-14(17,11-15)9-6-10-16-12(2)7-5-8-13(16)3/h12-13,17H,4-11,15H2,1-3H3. The lowest BCUT2D eigenvalue weighted by molar-refractivity contribution is 0.0252. The number of hydrogen-bond donors (Lipinski definition) is 2. The minimum absolute atomic E-state index is 0.384. The third kappa shape index (κ3) is 4.23. The molecular weight excluding hydrogens is 212 g/mol. The zero-order valence-corrected chi connectivity index (χ0v) is 11.8. The highest BCUT2D eigenvalue weighted by molar-refractivity contribution is 4.82. The van der Waals surface area contributed by atoms with Crippen LogP contribution in [0.1, 0.15) is 59.3 Å². The Morgan fingerprint density at radius 2 is 1.88 bits per heavy atom. The molecule has 0 amide bonds. The van der Waals surface area contributed by atoms with E-state index in [-0.39, 0.29) is 0 Å². The predicted octanol–water partition coefficient (Wildman–Crippen LogP) is 2.13.